The van der Waals surface area contributed by atoms with Crippen molar-refractivity contribution in [2.24, 2.45) is 11.3 Å². The molecule has 0 bridgehead atoms. The Hall–Kier alpha value is -1.70. The molecule has 7 heteroatoms. The van der Waals surface area contributed by atoms with E-state index in [-0.39, 0.29) is 33.7 Å². The van der Waals surface area contributed by atoms with Crippen molar-refractivity contribution in [3.8, 4) is 11.5 Å². The lowest BCUT2D eigenvalue weighted by molar-refractivity contribution is 0.0500. The van der Waals surface area contributed by atoms with Gasteiger partial charge >= 0.3 is 7.12 Å². The summed E-state index contributed by atoms with van der Waals surface area (Å²) in [6.07, 6.45) is 5.28. The summed E-state index contributed by atoms with van der Waals surface area (Å²) in [4.78, 5) is 0. The number of aromatic hydroxyl groups is 2. The van der Waals surface area contributed by atoms with Gasteiger partial charge in [0.2, 0.25) is 0 Å². The Bertz CT molecular complexity index is 921. The second-order valence-corrected chi connectivity index (χ2v) is 9.48. The number of phenolic OH excluding ortho intramolecular Hbond substituents is 2. The van der Waals surface area contributed by atoms with Gasteiger partial charge in [-0.15, -0.1) is 0 Å². The number of nitrogens with one attached hydrogen (secondary N) is 1. The van der Waals surface area contributed by atoms with Crippen molar-refractivity contribution in [1.29, 1.82) is 0 Å². The SMILES string of the molecule is CNC1CCC2C(C)(C)CCCC2(C)c2c1oc1c(B(O)O)c(O)c(O)cc21. The average molecular weight is 387 g/mol. The first-order valence-electron chi connectivity index (χ1n) is 10.2. The van der Waals surface area contributed by atoms with Crippen molar-refractivity contribution in [3.05, 3.63) is 17.4 Å². The molecule has 152 valence electrons. The molecule has 6 nitrogen and oxygen atoms in total. The number of rotatable bonds is 2. The number of fused-ring (bicyclic) bond motifs is 5. The van der Waals surface area contributed by atoms with Crippen LogP contribution in [0.4, 0.5) is 0 Å². The topological polar surface area (TPSA) is 106 Å². The molecule has 0 spiro atoms. The Morgan fingerprint density at radius 2 is 1.86 bits per heavy atom. The molecule has 1 saturated carbocycles. The summed E-state index contributed by atoms with van der Waals surface area (Å²) in [5.74, 6) is 0.315. The van der Waals surface area contributed by atoms with Crippen LogP contribution in [0.15, 0.2) is 10.5 Å². The zero-order valence-electron chi connectivity index (χ0n) is 17.0. The predicted molar refractivity (Wildman–Crippen MR) is 109 cm³/mol. The maximum absolute atomic E-state index is 10.3. The van der Waals surface area contributed by atoms with Gasteiger partial charge in [-0.3, -0.25) is 0 Å². The van der Waals surface area contributed by atoms with Crippen molar-refractivity contribution in [2.45, 2.75) is 64.3 Å². The molecule has 1 aromatic heterocycles. The van der Waals surface area contributed by atoms with E-state index in [4.69, 9.17) is 4.42 Å². The molecule has 0 amide bonds. The van der Waals surface area contributed by atoms with E-state index >= 15 is 0 Å². The Morgan fingerprint density at radius 1 is 1.14 bits per heavy atom. The van der Waals surface area contributed by atoms with Gasteiger partial charge in [0.15, 0.2) is 11.5 Å². The molecular formula is C21H30BNO5. The molecule has 1 heterocycles. The van der Waals surface area contributed by atoms with Crippen LogP contribution in [-0.2, 0) is 5.41 Å². The minimum absolute atomic E-state index is 0.00593. The van der Waals surface area contributed by atoms with E-state index in [1.54, 1.807) is 0 Å². The summed E-state index contributed by atoms with van der Waals surface area (Å²) >= 11 is 0. The molecule has 2 aliphatic carbocycles. The van der Waals surface area contributed by atoms with Crippen LogP contribution >= 0.6 is 0 Å². The lowest BCUT2D eigenvalue weighted by Crippen LogP contribution is -2.44. The van der Waals surface area contributed by atoms with Gasteiger partial charge in [0.1, 0.15) is 11.3 Å². The molecule has 0 aliphatic heterocycles. The standard InChI is InChI=1S/C21H30BNO5/c1-20(2)8-5-9-21(3)14(20)7-6-12(23-4)19-15(21)11-10-13(24)17(25)16(22(26)27)18(11)28-19/h10,12,14,23-27H,5-9H2,1-4H3. The first kappa shape index (κ1) is 19.6. The van der Waals surface area contributed by atoms with Crippen molar-refractivity contribution < 1.29 is 24.7 Å². The van der Waals surface area contributed by atoms with Crippen LogP contribution in [0.2, 0.25) is 0 Å². The predicted octanol–water partition coefficient (Wildman–Crippen LogP) is 2.66. The number of furan rings is 1. The monoisotopic (exact) mass is 387 g/mol. The van der Waals surface area contributed by atoms with E-state index in [0.29, 0.717) is 11.3 Å². The first-order chi connectivity index (χ1) is 13.1. The molecule has 2 aromatic rings. The zero-order valence-corrected chi connectivity index (χ0v) is 17.0. The summed E-state index contributed by atoms with van der Waals surface area (Å²) in [6.45, 7) is 6.95. The molecule has 0 radical (unpaired) electrons. The summed E-state index contributed by atoms with van der Waals surface area (Å²) in [5.41, 5.74) is 1.13. The van der Waals surface area contributed by atoms with E-state index < -0.39 is 12.9 Å². The molecule has 2 aliphatic rings. The highest BCUT2D eigenvalue weighted by Gasteiger charge is 2.52. The second kappa shape index (κ2) is 6.41. The van der Waals surface area contributed by atoms with E-state index in [1.165, 1.54) is 12.5 Å². The van der Waals surface area contributed by atoms with E-state index in [2.05, 4.69) is 26.1 Å². The maximum atomic E-state index is 10.3. The summed E-state index contributed by atoms with van der Waals surface area (Å²) in [5, 5.41) is 44.3. The Morgan fingerprint density at radius 3 is 2.50 bits per heavy atom. The van der Waals surface area contributed by atoms with Gasteiger partial charge in [-0.25, -0.2) is 0 Å². The highest BCUT2D eigenvalue weighted by Crippen LogP contribution is 2.59. The fourth-order valence-electron chi connectivity index (χ4n) is 6.20. The van der Waals surface area contributed by atoms with Crippen LogP contribution in [-0.4, -0.2) is 34.4 Å². The largest absolute Gasteiger partial charge is 0.504 e. The zero-order chi connectivity index (χ0) is 20.4. The van der Waals surface area contributed by atoms with E-state index in [9.17, 15) is 20.3 Å². The smallest absolute Gasteiger partial charge is 0.496 e. The Kier molecular flexibility index (Phi) is 4.49. The van der Waals surface area contributed by atoms with Crippen LogP contribution in [0.1, 0.15) is 70.2 Å². The molecule has 3 atom stereocenters. The van der Waals surface area contributed by atoms with Gasteiger partial charge in [0, 0.05) is 10.9 Å². The van der Waals surface area contributed by atoms with Gasteiger partial charge in [-0.05, 0) is 55.5 Å². The van der Waals surface area contributed by atoms with Crippen LogP contribution in [0.25, 0.3) is 11.0 Å². The Labute approximate surface area is 165 Å². The highest BCUT2D eigenvalue weighted by molar-refractivity contribution is 6.63. The number of phenols is 2. The van der Waals surface area contributed by atoms with E-state index in [1.807, 2.05) is 7.05 Å². The molecule has 28 heavy (non-hydrogen) atoms. The van der Waals surface area contributed by atoms with Crippen LogP contribution < -0.4 is 10.8 Å². The van der Waals surface area contributed by atoms with Crippen molar-refractivity contribution >= 4 is 23.6 Å². The molecule has 1 aromatic carbocycles. The molecule has 4 rings (SSSR count). The normalized spacial score (nSPS) is 29.2. The minimum atomic E-state index is -1.94. The molecular weight excluding hydrogens is 357 g/mol. The lowest BCUT2D eigenvalue weighted by Gasteiger charge is -2.50. The van der Waals surface area contributed by atoms with Gasteiger partial charge in [0.25, 0.3) is 0 Å². The summed E-state index contributed by atoms with van der Waals surface area (Å²) in [7, 11) is -0.0373. The summed E-state index contributed by atoms with van der Waals surface area (Å²) < 4.78 is 6.23. The number of hydrogen-bond donors (Lipinski definition) is 5. The molecule has 3 unspecified atom stereocenters. The average Bonchev–Trinajstić information content (AvgIpc) is 2.90. The summed E-state index contributed by atoms with van der Waals surface area (Å²) in [6, 6.07) is 1.51. The highest BCUT2D eigenvalue weighted by atomic mass is 16.4. The molecule has 0 saturated heterocycles. The van der Waals surface area contributed by atoms with Gasteiger partial charge < -0.3 is 30.0 Å². The Balaban J connectivity index is 2.09. The molecule has 5 N–H and O–H groups in total. The quantitative estimate of drug-likeness (QED) is 0.401. The van der Waals surface area contributed by atoms with Crippen LogP contribution in [0, 0.1) is 11.3 Å². The maximum Gasteiger partial charge on any atom is 0.496 e. The third-order valence-corrected chi connectivity index (χ3v) is 7.46. The number of hydrogen-bond acceptors (Lipinski definition) is 6. The minimum Gasteiger partial charge on any atom is -0.504 e. The van der Waals surface area contributed by atoms with Crippen molar-refractivity contribution in [2.75, 3.05) is 7.05 Å². The van der Waals surface area contributed by atoms with Crippen molar-refractivity contribution in [1.82, 2.24) is 5.32 Å². The number of benzene rings is 1. The fraction of sp³-hybridized carbons (Fsp3) is 0.619. The van der Waals surface area contributed by atoms with Crippen LogP contribution in [0.3, 0.4) is 0 Å². The molecule has 1 fully saturated rings. The second-order valence-electron chi connectivity index (χ2n) is 9.48. The first-order valence-corrected chi connectivity index (χ1v) is 10.2. The van der Waals surface area contributed by atoms with Crippen LogP contribution in [0.5, 0.6) is 11.5 Å². The van der Waals surface area contributed by atoms with Gasteiger partial charge in [-0.2, -0.15) is 0 Å². The lowest BCUT2D eigenvalue weighted by atomic mass is 9.53. The van der Waals surface area contributed by atoms with E-state index in [0.717, 1.165) is 37.0 Å². The fourth-order valence-corrected chi connectivity index (χ4v) is 6.20. The van der Waals surface area contributed by atoms with Crippen molar-refractivity contribution in [3.63, 3.8) is 0 Å². The van der Waals surface area contributed by atoms with Gasteiger partial charge in [0.05, 0.1) is 11.5 Å². The third-order valence-electron chi connectivity index (χ3n) is 7.46. The van der Waals surface area contributed by atoms with Gasteiger partial charge in [-0.1, -0.05) is 27.2 Å². The third kappa shape index (κ3) is 2.60.